The van der Waals surface area contributed by atoms with Crippen LogP contribution in [0.3, 0.4) is 0 Å². The van der Waals surface area contributed by atoms with Crippen LogP contribution in [0.1, 0.15) is 50.7 Å². The van der Waals surface area contributed by atoms with Crippen LogP contribution in [0.15, 0.2) is 18.2 Å². The Morgan fingerprint density at radius 3 is 2.71 bits per heavy atom. The van der Waals surface area contributed by atoms with E-state index in [1.54, 1.807) is 0 Å². The van der Waals surface area contributed by atoms with Crippen LogP contribution < -0.4 is 16.4 Å². The van der Waals surface area contributed by atoms with Gasteiger partial charge in [-0.1, -0.05) is 26.0 Å². The van der Waals surface area contributed by atoms with Crippen LogP contribution >= 0.6 is 12.4 Å². The first-order valence-electron chi connectivity index (χ1n) is 8.43. The number of nitrogens with two attached hydrogens (primary N) is 1. The Hall–Kier alpha value is -1.59. The number of amides is 2. The number of hydrogen-bond donors (Lipinski definition) is 3. The zero-order valence-corrected chi connectivity index (χ0v) is 15.3. The lowest BCUT2D eigenvalue weighted by molar-refractivity contribution is -0.121. The van der Waals surface area contributed by atoms with Gasteiger partial charge in [-0.15, -0.1) is 12.4 Å². The van der Waals surface area contributed by atoms with Gasteiger partial charge in [-0.25, -0.2) is 0 Å². The number of aryl methyl sites for hydroxylation is 1. The number of rotatable bonds is 8. The number of halogens is 1. The van der Waals surface area contributed by atoms with Gasteiger partial charge in [0, 0.05) is 24.2 Å². The molecule has 0 radical (unpaired) electrons. The molecule has 0 atom stereocenters. The molecule has 1 aromatic rings. The van der Waals surface area contributed by atoms with Crippen molar-refractivity contribution >= 4 is 29.9 Å². The normalized spacial score (nSPS) is 13.0. The molecule has 2 rings (SSSR count). The lowest BCUT2D eigenvalue weighted by atomic mass is 9.94. The van der Waals surface area contributed by atoms with Crippen molar-refractivity contribution in [3.05, 3.63) is 29.3 Å². The van der Waals surface area contributed by atoms with E-state index in [-0.39, 0.29) is 29.8 Å². The molecule has 0 fully saturated rings. The molecule has 4 N–H and O–H groups in total. The maximum absolute atomic E-state index is 11.9. The maximum atomic E-state index is 11.9. The average molecular weight is 354 g/mol. The lowest BCUT2D eigenvalue weighted by Crippen LogP contribution is -2.49. The monoisotopic (exact) mass is 353 g/mol. The molecule has 0 unspecified atom stereocenters. The Morgan fingerprint density at radius 2 is 2.04 bits per heavy atom. The summed E-state index contributed by atoms with van der Waals surface area (Å²) in [4.78, 5) is 23.3. The highest BCUT2D eigenvalue weighted by atomic mass is 35.5. The Kier molecular flexibility index (Phi) is 7.70. The molecule has 1 aromatic carbocycles. The van der Waals surface area contributed by atoms with Crippen LogP contribution in [0.4, 0.5) is 5.69 Å². The van der Waals surface area contributed by atoms with Crippen molar-refractivity contribution in [2.45, 2.75) is 57.9 Å². The number of fused-ring (bicyclic) bond motifs is 1. The molecule has 1 heterocycles. The number of carbonyl (C=O) groups excluding carboxylic acids is 2. The second-order valence-electron chi connectivity index (χ2n) is 6.42. The van der Waals surface area contributed by atoms with Crippen molar-refractivity contribution in [1.82, 2.24) is 5.32 Å². The fourth-order valence-electron chi connectivity index (χ4n) is 2.75. The first-order valence-corrected chi connectivity index (χ1v) is 8.43. The number of benzene rings is 1. The fraction of sp³-hybridized carbons (Fsp3) is 0.556. The minimum absolute atomic E-state index is 0. The standard InChI is InChI=1S/C18H27N3O2.ClH/c1-3-18(19,4-2)12-20-16(22)7-5-6-13-8-9-15-14(10-13)11-17(23)21-15;/h8-10H,3-7,11-12,19H2,1-2H3,(H,20,22)(H,21,23);1H. The van der Waals surface area contributed by atoms with Crippen molar-refractivity contribution in [2.24, 2.45) is 5.73 Å². The average Bonchev–Trinajstić information content (AvgIpc) is 2.92. The van der Waals surface area contributed by atoms with Gasteiger partial charge in [0.1, 0.15) is 0 Å². The Balaban J connectivity index is 0.00000288. The number of nitrogens with one attached hydrogen (secondary N) is 2. The number of carbonyl (C=O) groups is 2. The third-order valence-corrected chi connectivity index (χ3v) is 4.71. The lowest BCUT2D eigenvalue weighted by Gasteiger charge is -2.26. The molecule has 5 nitrogen and oxygen atoms in total. The summed E-state index contributed by atoms with van der Waals surface area (Å²) in [5, 5.41) is 5.77. The first kappa shape index (κ1) is 20.5. The number of hydrogen-bond acceptors (Lipinski definition) is 3. The molecule has 134 valence electrons. The van der Waals surface area contributed by atoms with E-state index in [9.17, 15) is 9.59 Å². The highest BCUT2D eigenvalue weighted by Gasteiger charge is 2.21. The molecule has 6 heteroatoms. The van der Waals surface area contributed by atoms with Gasteiger partial charge < -0.3 is 16.4 Å². The Morgan fingerprint density at radius 1 is 1.33 bits per heavy atom. The minimum atomic E-state index is -0.296. The highest BCUT2D eigenvalue weighted by molar-refractivity contribution is 5.99. The predicted molar refractivity (Wildman–Crippen MR) is 99.5 cm³/mol. The SMILES string of the molecule is CCC(N)(CC)CNC(=O)CCCc1ccc2c(c1)CC(=O)N2.Cl. The van der Waals surface area contributed by atoms with Gasteiger partial charge in [0.05, 0.1) is 6.42 Å². The van der Waals surface area contributed by atoms with E-state index >= 15 is 0 Å². The zero-order chi connectivity index (χ0) is 16.9. The van der Waals surface area contributed by atoms with E-state index < -0.39 is 0 Å². The highest BCUT2D eigenvalue weighted by Crippen LogP contribution is 2.24. The van der Waals surface area contributed by atoms with E-state index in [1.807, 2.05) is 26.0 Å². The molecule has 0 aliphatic carbocycles. The zero-order valence-electron chi connectivity index (χ0n) is 14.5. The molecule has 0 saturated heterocycles. The van der Waals surface area contributed by atoms with Gasteiger partial charge in [-0.3, -0.25) is 9.59 Å². The van der Waals surface area contributed by atoms with E-state index in [0.717, 1.165) is 36.9 Å². The molecule has 0 bridgehead atoms. The van der Waals surface area contributed by atoms with Gasteiger partial charge in [0.2, 0.25) is 11.8 Å². The summed E-state index contributed by atoms with van der Waals surface area (Å²) in [5.74, 6) is 0.105. The molecule has 0 saturated carbocycles. The Bertz CT molecular complexity index is 586. The topological polar surface area (TPSA) is 84.2 Å². The summed E-state index contributed by atoms with van der Waals surface area (Å²) in [7, 11) is 0. The predicted octanol–water partition coefficient (Wildman–Crippen LogP) is 2.56. The quantitative estimate of drug-likeness (QED) is 0.671. The van der Waals surface area contributed by atoms with Crippen molar-refractivity contribution < 1.29 is 9.59 Å². The van der Waals surface area contributed by atoms with E-state index in [1.165, 1.54) is 5.56 Å². The van der Waals surface area contributed by atoms with Gasteiger partial charge >= 0.3 is 0 Å². The molecular weight excluding hydrogens is 326 g/mol. The third kappa shape index (κ3) is 5.49. The minimum Gasteiger partial charge on any atom is -0.354 e. The van der Waals surface area contributed by atoms with Crippen LogP contribution in [0.25, 0.3) is 0 Å². The van der Waals surface area contributed by atoms with Crippen LogP contribution in [0, 0.1) is 0 Å². The molecule has 1 aliphatic rings. The maximum Gasteiger partial charge on any atom is 0.228 e. The summed E-state index contributed by atoms with van der Waals surface area (Å²) < 4.78 is 0. The largest absolute Gasteiger partial charge is 0.354 e. The first-order chi connectivity index (χ1) is 11.0. The van der Waals surface area contributed by atoms with E-state index in [4.69, 9.17) is 5.73 Å². The summed E-state index contributed by atoms with van der Waals surface area (Å²) in [5.41, 5.74) is 9.02. The summed E-state index contributed by atoms with van der Waals surface area (Å²) >= 11 is 0. The van der Waals surface area contributed by atoms with Crippen LogP contribution in [-0.4, -0.2) is 23.9 Å². The van der Waals surface area contributed by atoms with E-state index in [2.05, 4.69) is 16.7 Å². The smallest absolute Gasteiger partial charge is 0.228 e. The second kappa shape index (κ2) is 9.04. The molecule has 0 spiro atoms. The number of anilines is 1. The van der Waals surface area contributed by atoms with Gasteiger partial charge in [0.25, 0.3) is 0 Å². The fourth-order valence-corrected chi connectivity index (χ4v) is 2.75. The van der Waals surface area contributed by atoms with Crippen molar-refractivity contribution in [3.63, 3.8) is 0 Å². The van der Waals surface area contributed by atoms with E-state index in [0.29, 0.717) is 19.4 Å². The molecule has 24 heavy (non-hydrogen) atoms. The summed E-state index contributed by atoms with van der Waals surface area (Å²) in [6.45, 7) is 4.62. The van der Waals surface area contributed by atoms with Crippen molar-refractivity contribution in [1.29, 1.82) is 0 Å². The Labute approximate surface area is 150 Å². The van der Waals surface area contributed by atoms with Crippen LogP contribution in [-0.2, 0) is 22.4 Å². The van der Waals surface area contributed by atoms with Gasteiger partial charge in [0.15, 0.2) is 0 Å². The van der Waals surface area contributed by atoms with Crippen LogP contribution in [0.2, 0.25) is 0 Å². The molecule has 0 aromatic heterocycles. The van der Waals surface area contributed by atoms with Gasteiger partial charge in [-0.05, 0) is 42.9 Å². The molecule has 2 amide bonds. The summed E-state index contributed by atoms with van der Waals surface area (Å²) in [6, 6.07) is 6.02. The van der Waals surface area contributed by atoms with Gasteiger partial charge in [-0.2, -0.15) is 0 Å². The second-order valence-corrected chi connectivity index (χ2v) is 6.42. The van der Waals surface area contributed by atoms with Crippen molar-refractivity contribution in [3.8, 4) is 0 Å². The molecule has 1 aliphatic heterocycles. The van der Waals surface area contributed by atoms with Crippen LogP contribution in [0.5, 0.6) is 0 Å². The summed E-state index contributed by atoms with van der Waals surface area (Å²) in [6.07, 6.45) is 4.29. The molecular formula is C18H28ClN3O2. The van der Waals surface area contributed by atoms with Crippen molar-refractivity contribution in [2.75, 3.05) is 11.9 Å². The third-order valence-electron chi connectivity index (χ3n) is 4.71.